The number of anilines is 1. The highest BCUT2D eigenvalue weighted by atomic mass is 127. The molecule has 0 saturated heterocycles. The Bertz CT molecular complexity index is 1910. The van der Waals surface area contributed by atoms with Gasteiger partial charge in [-0.05, 0) is 84.5 Å². The average molecular weight is 754 g/mol. The summed E-state index contributed by atoms with van der Waals surface area (Å²) in [5.74, 6) is 3.45. The maximum Gasteiger partial charge on any atom is 0.271 e. The summed E-state index contributed by atoms with van der Waals surface area (Å²) in [4.78, 5) is 33.1. The molecule has 7 nitrogen and oxygen atoms in total. The lowest BCUT2D eigenvalue weighted by molar-refractivity contribution is -0.113. The molecule has 0 unspecified atom stereocenters. The molecule has 0 fully saturated rings. The zero-order valence-electron chi connectivity index (χ0n) is 22.7. The maximum absolute atomic E-state index is 14.1. The van der Waals surface area contributed by atoms with Gasteiger partial charge in [-0.15, -0.1) is 6.42 Å². The number of allylic oxidation sites excluding steroid dienone is 1. The molecular formula is C32H25BrIN3O4S. The van der Waals surface area contributed by atoms with E-state index in [4.69, 9.17) is 20.9 Å². The van der Waals surface area contributed by atoms with Gasteiger partial charge in [0.1, 0.15) is 18.1 Å². The average Bonchev–Trinajstić information content (AvgIpc) is 3.27. The number of benzene rings is 3. The number of halogens is 2. The number of aromatic nitrogens is 1. The van der Waals surface area contributed by atoms with Crippen LogP contribution < -0.4 is 29.7 Å². The molecule has 1 aliphatic rings. The van der Waals surface area contributed by atoms with E-state index in [2.05, 4.69) is 49.8 Å². The smallest absolute Gasteiger partial charge is 0.271 e. The molecule has 3 aromatic carbocycles. The number of amides is 1. The zero-order chi connectivity index (χ0) is 29.8. The van der Waals surface area contributed by atoms with Crippen LogP contribution in [0.3, 0.4) is 0 Å². The first kappa shape index (κ1) is 29.8. The summed E-state index contributed by atoms with van der Waals surface area (Å²) < 4.78 is 15.2. The van der Waals surface area contributed by atoms with E-state index >= 15 is 0 Å². The van der Waals surface area contributed by atoms with E-state index in [1.807, 2.05) is 73.7 Å². The van der Waals surface area contributed by atoms with Gasteiger partial charge in [-0.25, -0.2) is 4.99 Å². The fraction of sp³-hybridized carbons (Fsp3) is 0.156. The summed E-state index contributed by atoms with van der Waals surface area (Å²) in [6.07, 6.45) is 7.22. The van der Waals surface area contributed by atoms with Crippen molar-refractivity contribution in [2.75, 3.05) is 18.5 Å². The summed E-state index contributed by atoms with van der Waals surface area (Å²) in [6.45, 7) is 4.33. The van der Waals surface area contributed by atoms with Gasteiger partial charge >= 0.3 is 0 Å². The molecule has 10 heteroatoms. The molecule has 0 aliphatic carbocycles. The number of fused-ring (bicyclic) bond motifs is 1. The van der Waals surface area contributed by atoms with Crippen molar-refractivity contribution in [2.24, 2.45) is 4.99 Å². The van der Waals surface area contributed by atoms with Gasteiger partial charge in [-0.1, -0.05) is 63.5 Å². The highest BCUT2D eigenvalue weighted by molar-refractivity contribution is 14.1. The third-order valence-electron chi connectivity index (χ3n) is 6.43. The van der Waals surface area contributed by atoms with Crippen molar-refractivity contribution >= 4 is 67.5 Å². The second-order valence-electron chi connectivity index (χ2n) is 9.20. The third kappa shape index (κ3) is 6.23. The first-order chi connectivity index (χ1) is 20.3. The fourth-order valence-corrected chi connectivity index (χ4v) is 7.40. The Morgan fingerprint density at radius 3 is 2.62 bits per heavy atom. The minimum absolute atomic E-state index is 0.0938. The molecule has 2 heterocycles. The molecule has 5 rings (SSSR count). The number of rotatable bonds is 8. The van der Waals surface area contributed by atoms with Crippen LogP contribution in [0.2, 0.25) is 0 Å². The number of hydrogen-bond donors (Lipinski definition) is 1. The number of para-hydroxylation sites is 1. The van der Waals surface area contributed by atoms with Gasteiger partial charge in [-0.2, -0.15) is 0 Å². The second kappa shape index (κ2) is 13.1. The van der Waals surface area contributed by atoms with E-state index in [1.54, 1.807) is 17.6 Å². The van der Waals surface area contributed by atoms with Crippen LogP contribution in [-0.4, -0.2) is 23.7 Å². The predicted octanol–water partition coefficient (Wildman–Crippen LogP) is 5.65. The van der Waals surface area contributed by atoms with Crippen LogP contribution in [0.1, 0.15) is 31.0 Å². The summed E-state index contributed by atoms with van der Waals surface area (Å²) in [5.41, 5.74) is 2.75. The van der Waals surface area contributed by atoms with Gasteiger partial charge in [-0.3, -0.25) is 14.2 Å². The molecule has 0 radical (unpaired) electrons. The molecule has 42 heavy (non-hydrogen) atoms. The Kier molecular flexibility index (Phi) is 9.30. The summed E-state index contributed by atoms with van der Waals surface area (Å²) in [5, 5.41) is 2.97. The lowest BCUT2D eigenvalue weighted by Crippen LogP contribution is -2.40. The quantitative estimate of drug-likeness (QED) is 0.186. The van der Waals surface area contributed by atoms with E-state index < -0.39 is 6.04 Å². The van der Waals surface area contributed by atoms with Crippen LogP contribution in [0.15, 0.2) is 92.3 Å². The number of carbonyl (C=O) groups excluding carboxylic acids is 1. The third-order valence-corrected chi connectivity index (χ3v) is 8.67. The van der Waals surface area contributed by atoms with Gasteiger partial charge in [0.25, 0.3) is 11.5 Å². The van der Waals surface area contributed by atoms with E-state index in [0.29, 0.717) is 50.0 Å². The van der Waals surface area contributed by atoms with Gasteiger partial charge in [0.05, 0.1) is 32.0 Å². The Balaban J connectivity index is 1.68. The summed E-state index contributed by atoms with van der Waals surface area (Å²) in [7, 11) is 0. The molecule has 1 amide bonds. The van der Waals surface area contributed by atoms with Gasteiger partial charge in [0.2, 0.25) is 0 Å². The van der Waals surface area contributed by atoms with Gasteiger partial charge in [0, 0.05) is 15.7 Å². The van der Waals surface area contributed by atoms with Crippen molar-refractivity contribution < 1.29 is 14.3 Å². The number of thiazole rings is 1. The molecule has 0 spiro atoms. The Morgan fingerprint density at radius 2 is 1.93 bits per heavy atom. The monoisotopic (exact) mass is 753 g/mol. The lowest BCUT2D eigenvalue weighted by atomic mass is 9.95. The summed E-state index contributed by atoms with van der Waals surface area (Å²) in [6, 6.07) is 19.7. The van der Waals surface area contributed by atoms with E-state index in [-0.39, 0.29) is 18.1 Å². The van der Waals surface area contributed by atoms with Crippen molar-refractivity contribution in [2.45, 2.75) is 19.9 Å². The molecular weight excluding hydrogens is 729 g/mol. The van der Waals surface area contributed by atoms with E-state index in [0.717, 1.165) is 13.6 Å². The van der Waals surface area contributed by atoms with Crippen LogP contribution in [0.25, 0.3) is 6.08 Å². The number of ether oxygens (including phenoxy) is 2. The highest BCUT2D eigenvalue weighted by Gasteiger charge is 2.32. The van der Waals surface area contributed by atoms with E-state index in [1.165, 1.54) is 11.3 Å². The predicted molar refractivity (Wildman–Crippen MR) is 178 cm³/mol. The second-order valence-corrected chi connectivity index (χ2v) is 12.3. The molecule has 0 bridgehead atoms. The van der Waals surface area contributed by atoms with Crippen LogP contribution in [0, 0.1) is 15.9 Å². The largest absolute Gasteiger partial charge is 0.494 e. The number of hydrogen-bond acceptors (Lipinski definition) is 6. The molecule has 1 atom stereocenters. The fourth-order valence-electron chi connectivity index (χ4n) is 4.65. The summed E-state index contributed by atoms with van der Waals surface area (Å²) >= 11 is 6.97. The molecule has 1 aliphatic heterocycles. The Morgan fingerprint density at radius 1 is 1.19 bits per heavy atom. The van der Waals surface area contributed by atoms with Crippen molar-refractivity contribution in [3.05, 3.63) is 117 Å². The first-order valence-corrected chi connectivity index (χ1v) is 15.7. The van der Waals surface area contributed by atoms with E-state index in [9.17, 15) is 9.59 Å². The van der Waals surface area contributed by atoms with Crippen LogP contribution in [0.5, 0.6) is 11.5 Å². The number of terminal acetylenes is 1. The topological polar surface area (TPSA) is 81.9 Å². The molecule has 1 N–H and O–H groups in total. The van der Waals surface area contributed by atoms with Crippen molar-refractivity contribution in [1.29, 1.82) is 0 Å². The van der Waals surface area contributed by atoms with Gasteiger partial charge < -0.3 is 14.8 Å². The SMILES string of the molecule is C#CCOc1c(I)cc(Br)cc1/C=c1\sc2n(c1=O)[C@@H](c1ccc(OCC)cc1)C(C(=O)Nc1ccccc1)=C(C)N=2. The highest BCUT2D eigenvalue weighted by Crippen LogP contribution is 2.33. The molecule has 4 aromatic rings. The molecule has 0 saturated carbocycles. The van der Waals surface area contributed by atoms with Crippen LogP contribution >= 0.6 is 49.9 Å². The van der Waals surface area contributed by atoms with Crippen molar-refractivity contribution in [3.63, 3.8) is 0 Å². The standard InChI is InChI=1S/C32H25BrIN3O4S/c1-4-15-41-29-21(16-22(33)18-25(29)34)17-26-31(39)37-28(20-11-13-24(14-12-20)40-5-2)27(19(3)35-32(37)42-26)30(38)36-23-9-7-6-8-10-23/h1,6-14,16-18,28H,5,15H2,2-3H3,(H,36,38)/b26-17-/t28-/m0/s1. The number of nitrogens with zero attached hydrogens (tertiary/aromatic N) is 2. The van der Waals surface area contributed by atoms with Gasteiger partial charge in [0.15, 0.2) is 4.80 Å². The van der Waals surface area contributed by atoms with Crippen LogP contribution in [-0.2, 0) is 4.79 Å². The minimum atomic E-state index is -0.706. The minimum Gasteiger partial charge on any atom is -0.494 e. The van der Waals surface area contributed by atoms with Crippen molar-refractivity contribution in [1.82, 2.24) is 4.57 Å². The lowest BCUT2D eigenvalue weighted by Gasteiger charge is -2.25. The Hall–Kier alpha value is -3.66. The Labute approximate surface area is 268 Å². The number of carbonyl (C=O) groups is 1. The molecule has 1 aromatic heterocycles. The normalized spacial score (nSPS) is 14.5. The maximum atomic E-state index is 14.1. The van der Waals surface area contributed by atoms with Crippen molar-refractivity contribution in [3.8, 4) is 23.8 Å². The number of nitrogens with one attached hydrogen (secondary N) is 1. The molecule has 212 valence electrons. The first-order valence-electron chi connectivity index (χ1n) is 13.0. The zero-order valence-corrected chi connectivity index (χ0v) is 27.2. The van der Waals surface area contributed by atoms with Crippen LogP contribution in [0.4, 0.5) is 5.69 Å².